The number of aliphatic hydroxyl groups excluding tert-OH is 1. The fourth-order valence-corrected chi connectivity index (χ4v) is 2.88. The van der Waals surface area contributed by atoms with Gasteiger partial charge in [0.25, 0.3) is 0 Å². The Balaban J connectivity index is 2.05. The second kappa shape index (κ2) is 5.08. The summed E-state index contributed by atoms with van der Waals surface area (Å²) >= 11 is 3.52. The standard InChI is InChI=1S/C12H19BrN2O2/c1-7-4-9(6-17-7)11(16)5-10-12(13)8(2)14-15(10)3/h7,9,11,16H,4-6H2,1-3H3. The summed E-state index contributed by atoms with van der Waals surface area (Å²) in [5.74, 6) is 0.243. The number of rotatable bonds is 3. The Morgan fingerprint density at radius 1 is 1.65 bits per heavy atom. The van der Waals surface area contributed by atoms with Gasteiger partial charge in [0.05, 0.1) is 34.7 Å². The maximum Gasteiger partial charge on any atom is 0.0738 e. The van der Waals surface area contributed by atoms with Crippen LogP contribution in [0.25, 0.3) is 0 Å². The van der Waals surface area contributed by atoms with E-state index in [9.17, 15) is 5.11 Å². The predicted octanol–water partition coefficient (Wildman–Crippen LogP) is 1.82. The van der Waals surface area contributed by atoms with Crippen LogP contribution in [0.5, 0.6) is 0 Å². The average molecular weight is 303 g/mol. The second-order valence-electron chi connectivity index (χ2n) is 4.88. The molecule has 4 nitrogen and oxygen atoms in total. The zero-order valence-corrected chi connectivity index (χ0v) is 12.1. The van der Waals surface area contributed by atoms with Crippen LogP contribution in [0.15, 0.2) is 4.47 Å². The predicted molar refractivity (Wildman–Crippen MR) is 68.9 cm³/mol. The Morgan fingerprint density at radius 3 is 2.82 bits per heavy atom. The lowest BCUT2D eigenvalue weighted by molar-refractivity contribution is 0.0796. The highest BCUT2D eigenvalue weighted by Crippen LogP contribution is 2.27. The van der Waals surface area contributed by atoms with Crippen molar-refractivity contribution < 1.29 is 9.84 Å². The monoisotopic (exact) mass is 302 g/mol. The van der Waals surface area contributed by atoms with Gasteiger partial charge in [0.2, 0.25) is 0 Å². The molecule has 2 heterocycles. The van der Waals surface area contributed by atoms with Crippen molar-refractivity contribution in [1.29, 1.82) is 0 Å². The van der Waals surface area contributed by atoms with E-state index >= 15 is 0 Å². The molecule has 0 spiro atoms. The quantitative estimate of drug-likeness (QED) is 0.926. The fraction of sp³-hybridized carbons (Fsp3) is 0.750. The molecule has 1 aliphatic rings. The van der Waals surface area contributed by atoms with Crippen molar-refractivity contribution in [1.82, 2.24) is 9.78 Å². The largest absolute Gasteiger partial charge is 0.392 e. The number of nitrogens with zero attached hydrogens (tertiary/aromatic N) is 2. The summed E-state index contributed by atoms with van der Waals surface area (Å²) in [6, 6.07) is 0. The number of hydrogen-bond acceptors (Lipinski definition) is 3. The first kappa shape index (κ1) is 13.1. The van der Waals surface area contributed by atoms with Crippen LogP contribution in [0.4, 0.5) is 0 Å². The number of aromatic nitrogens is 2. The van der Waals surface area contributed by atoms with Crippen molar-refractivity contribution in [2.45, 2.75) is 38.9 Å². The number of aryl methyl sites for hydroxylation is 2. The van der Waals surface area contributed by atoms with Crippen LogP contribution in [-0.4, -0.2) is 33.7 Å². The van der Waals surface area contributed by atoms with Gasteiger partial charge in [0, 0.05) is 19.4 Å². The highest BCUT2D eigenvalue weighted by Gasteiger charge is 2.29. The summed E-state index contributed by atoms with van der Waals surface area (Å²) in [7, 11) is 1.91. The number of halogens is 1. The summed E-state index contributed by atoms with van der Waals surface area (Å²) < 4.78 is 8.34. The average Bonchev–Trinajstić information content (AvgIpc) is 2.79. The topological polar surface area (TPSA) is 47.3 Å². The summed E-state index contributed by atoms with van der Waals surface area (Å²) in [6.45, 7) is 4.67. The second-order valence-corrected chi connectivity index (χ2v) is 5.67. The number of hydrogen-bond donors (Lipinski definition) is 1. The Morgan fingerprint density at radius 2 is 2.35 bits per heavy atom. The SMILES string of the molecule is Cc1nn(C)c(CC(O)C2COC(C)C2)c1Br. The van der Waals surface area contributed by atoms with Gasteiger partial charge in [-0.1, -0.05) is 0 Å². The highest BCUT2D eigenvalue weighted by molar-refractivity contribution is 9.10. The fourth-order valence-electron chi connectivity index (χ4n) is 2.39. The lowest BCUT2D eigenvalue weighted by Crippen LogP contribution is -2.24. The zero-order chi connectivity index (χ0) is 12.6. The van der Waals surface area contributed by atoms with Gasteiger partial charge < -0.3 is 9.84 Å². The van der Waals surface area contributed by atoms with E-state index in [0.717, 1.165) is 22.3 Å². The molecular weight excluding hydrogens is 284 g/mol. The van der Waals surface area contributed by atoms with Crippen LogP contribution in [0, 0.1) is 12.8 Å². The molecular formula is C12H19BrN2O2. The maximum absolute atomic E-state index is 10.2. The van der Waals surface area contributed by atoms with Crippen LogP contribution >= 0.6 is 15.9 Å². The van der Waals surface area contributed by atoms with Crippen LogP contribution in [-0.2, 0) is 18.2 Å². The lowest BCUT2D eigenvalue weighted by Gasteiger charge is -2.16. The first-order chi connectivity index (χ1) is 7.99. The normalized spacial score (nSPS) is 26.4. The number of ether oxygens (including phenoxy) is 1. The Kier molecular flexibility index (Phi) is 3.90. The van der Waals surface area contributed by atoms with Gasteiger partial charge in [0.15, 0.2) is 0 Å². The molecule has 17 heavy (non-hydrogen) atoms. The van der Waals surface area contributed by atoms with Crippen LogP contribution in [0.2, 0.25) is 0 Å². The van der Waals surface area contributed by atoms with E-state index in [4.69, 9.17) is 4.74 Å². The molecule has 0 radical (unpaired) electrons. The minimum Gasteiger partial charge on any atom is -0.392 e. The van der Waals surface area contributed by atoms with Crippen LogP contribution < -0.4 is 0 Å². The van der Waals surface area contributed by atoms with Crippen LogP contribution in [0.3, 0.4) is 0 Å². The third-order valence-electron chi connectivity index (χ3n) is 3.44. The maximum atomic E-state index is 10.2. The molecule has 0 aromatic carbocycles. The molecule has 0 bridgehead atoms. The Hall–Kier alpha value is -0.390. The molecule has 1 N–H and O–H groups in total. The minimum absolute atomic E-state index is 0.243. The van der Waals surface area contributed by atoms with E-state index in [1.54, 1.807) is 0 Å². The molecule has 0 saturated carbocycles. The molecule has 0 aliphatic carbocycles. The molecule has 2 rings (SSSR count). The molecule has 3 atom stereocenters. The first-order valence-corrected chi connectivity index (χ1v) is 6.76. The van der Waals surface area contributed by atoms with Crippen molar-refractivity contribution in [2.75, 3.05) is 6.61 Å². The van der Waals surface area contributed by atoms with E-state index in [1.807, 2.05) is 18.7 Å². The van der Waals surface area contributed by atoms with Gasteiger partial charge in [-0.3, -0.25) is 4.68 Å². The molecule has 3 unspecified atom stereocenters. The van der Waals surface area contributed by atoms with E-state index in [-0.39, 0.29) is 18.1 Å². The van der Waals surface area contributed by atoms with Gasteiger partial charge in [-0.05, 0) is 36.2 Å². The molecule has 1 aromatic rings. The molecule has 5 heteroatoms. The molecule has 1 fully saturated rings. The highest BCUT2D eigenvalue weighted by atomic mass is 79.9. The van der Waals surface area contributed by atoms with Crippen molar-refractivity contribution >= 4 is 15.9 Å². The Bertz CT molecular complexity index is 405. The molecule has 1 aromatic heterocycles. The van der Waals surface area contributed by atoms with Crippen molar-refractivity contribution in [2.24, 2.45) is 13.0 Å². The summed E-state index contributed by atoms with van der Waals surface area (Å²) in [6.07, 6.45) is 1.48. The number of aliphatic hydroxyl groups is 1. The molecule has 96 valence electrons. The van der Waals surface area contributed by atoms with Crippen LogP contribution in [0.1, 0.15) is 24.7 Å². The lowest BCUT2D eigenvalue weighted by atomic mass is 9.96. The van der Waals surface area contributed by atoms with E-state index in [1.165, 1.54) is 0 Å². The van der Waals surface area contributed by atoms with Crippen molar-refractivity contribution in [3.05, 3.63) is 15.9 Å². The van der Waals surface area contributed by atoms with Crippen molar-refractivity contribution in [3.63, 3.8) is 0 Å². The van der Waals surface area contributed by atoms with Gasteiger partial charge in [0.1, 0.15) is 0 Å². The van der Waals surface area contributed by atoms with Gasteiger partial charge in [-0.2, -0.15) is 5.10 Å². The molecule has 1 aliphatic heterocycles. The first-order valence-electron chi connectivity index (χ1n) is 5.96. The third-order valence-corrected chi connectivity index (χ3v) is 4.47. The van der Waals surface area contributed by atoms with E-state index in [2.05, 4.69) is 28.0 Å². The molecule has 0 amide bonds. The molecule has 1 saturated heterocycles. The van der Waals surface area contributed by atoms with Gasteiger partial charge >= 0.3 is 0 Å². The third kappa shape index (κ3) is 2.72. The smallest absolute Gasteiger partial charge is 0.0738 e. The van der Waals surface area contributed by atoms with Crippen molar-refractivity contribution in [3.8, 4) is 0 Å². The van der Waals surface area contributed by atoms with Gasteiger partial charge in [-0.15, -0.1) is 0 Å². The van der Waals surface area contributed by atoms with E-state index in [0.29, 0.717) is 13.0 Å². The van der Waals surface area contributed by atoms with E-state index < -0.39 is 0 Å². The zero-order valence-electron chi connectivity index (χ0n) is 10.5. The van der Waals surface area contributed by atoms with Gasteiger partial charge in [-0.25, -0.2) is 0 Å². The summed E-state index contributed by atoms with van der Waals surface area (Å²) in [4.78, 5) is 0. The minimum atomic E-state index is -0.356. The summed E-state index contributed by atoms with van der Waals surface area (Å²) in [5, 5.41) is 14.6. The summed E-state index contributed by atoms with van der Waals surface area (Å²) in [5.41, 5.74) is 2.01. The Labute approximate surface area is 110 Å².